The van der Waals surface area contributed by atoms with Gasteiger partial charge in [-0.15, -0.1) is 0 Å². The number of fused-ring (bicyclic) bond motifs is 1. The van der Waals surface area contributed by atoms with Crippen molar-refractivity contribution in [3.63, 3.8) is 0 Å². The van der Waals surface area contributed by atoms with E-state index in [-0.39, 0.29) is 5.97 Å². The van der Waals surface area contributed by atoms with E-state index < -0.39 is 0 Å². The maximum atomic E-state index is 10.6. The maximum Gasteiger partial charge on any atom is 0.329 e. The topological polar surface area (TPSA) is 38.3 Å². The molecule has 0 saturated heterocycles. The van der Waals surface area contributed by atoms with Crippen molar-refractivity contribution in [2.24, 2.45) is 0 Å². The van der Waals surface area contributed by atoms with Gasteiger partial charge in [0.1, 0.15) is 0 Å². The zero-order valence-corrected chi connectivity index (χ0v) is 8.36. The lowest BCUT2D eigenvalue weighted by Crippen LogP contribution is -2.05. The van der Waals surface area contributed by atoms with Crippen LogP contribution in [0.25, 0.3) is 10.8 Å². The van der Waals surface area contributed by atoms with Crippen molar-refractivity contribution in [3.8, 4) is 0 Å². The molecule has 0 atom stereocenters. The summed E-state index contributed by atoms with van der Waals surface area (Å²) in [4.78, 5) is 15.3. The van der Waals surface area contributed by atoms with Crippen LogP contribution in [0.4, 0.5) is 5.69 Å². The normalized spacial score (nSPS) is 9.93. The molecule has 0 aliphatic rings. The van der Waals surface area contributed by atoms with E-state index in [4.69, 9.17) is 0 Å². The number of carbonyl (C=O) groups is 1. The Morgan fingerprint density at radius 1 is 1.13 bits per heavy atom. The van der Waals surface area contributed by atoms with E-state index in [0.29, 0.717) is 0 Å². The van der Waals surface area contributed by atoms with E-state index in [1.54, 1.807) is 0 Å². The van der Waals surface area contributed by atoms with Crippen molar-refractivity contribution in [2.75, 3.05) is 5.48 Å². The predicted octanol–water partition coefficient (Wildman–Crippen LogP) is 2.73. The fourth-order valence-corrected chi connectivity index (χ4v) is 1.38. The van der Waals surface area contributed by atoms with E-state index in [1.807, 2.05) is 42.5 Å². The number of hydrogen-bond donors (Lipinski definition) is 1. The standard InChI is InChI=1S/C12H11NO2/c1-9(14)15-13-12-7-6-10-4-2-3-5-11(10)8-12/h2-8,13H,1H3. The predicted molar refractivity (Wildman–Crippen MR) is 59.3 cm³/mol. The number of hydrogen-bond acceptors (Lipinski definition) is 3. The van der Waals surface area contributed by atoms with Crippen LogP contribution in [0.3, 0.4) is 0 Å². The molecule has 1 N–H and O–H groups in total. The van der Waals surface area contributed by atoms with E-state index in [1.165, 1.54) is 6.92 Å². The van der Waals surface area contributed by atoms with Crippen LogP contribution in [0.5, 0.6) is 0 Å². The molecule has 0 spiro atoms. The fraction of sp³-hybridized carbons (Fsp3) is 0.0833. The van der Waals surface area contributed by atoms with Crippen LogP contribution in [0.1, 0.15) is 6.92 Å². The van der Waals surface area contributed by atoms with Gasteiger partial charge in [-0.2, -0.15) is 0 Å². The summed E-state index contributed by atoms with van der Waals surface area (Å²) >= 11 is 0. The van der Waals surface area contributed by atoms with Gasteiger partial charge >= 0.3 is 5.97 Å². The highest BCUT2D eigenvalue weighted by molar-refractivity contribution is 5.85. The lowest BCUT2D eigenvalue weighted by molar-refractivity contribution is -0.138. The Bertz CT molecular complexity index is 494. The van der Waals surface area contributed by atoms with E-state index in [9.17, 15) is 4.79 Å². The van der Waals surface area contributed by atoms with Crippen molar-refractivity contribution in [1.29, 1.82) is 0 Å². The Labute approximate surface area is 87.6 Å². The minimum atomic E-state index is -0.358. The molecule has 0 aliphatic heterocycles. The smallest absolute Gasteiger partial charge is 0.329 e. The van der Waals surface area contributed by atoms with Gasteiger partial charge in [0.05, 0.1) is 5.69 Å². The largest absolute Gasteiger partial charge is 0.344 e. The third-order valence-electron chi connectivity index (χ3n) is 2.06. The summed E-state index contributed by atoms with van der Waals surface area (Å²) < 4.78 is 0. The SMILES string of the molecule is CC(=O)ONc1ccc2ccccc2c1. The van der Waals surface area contributed by atoms with E-state index in [0.717, 1.165) is 16.5 Å². The van der Waals surface area contributed by atoms with Gasteiger partial charge in [-0.3, -0.25) is 4.79 Å². The molecule has 3 nitrogen and oxygen atoms in total. The van der Waals surface area contributed by atoms with Gasteiger partial charge in [0.2, 0.25) is 0 Å². The first-order chi connectivity index (χ1) is 7.25. The summed E-state index contributed by atoms with van der Waals surface area (Å²) in [6.45, 7) is 1.36. The molecule has 0 aliphatic carbocycles. The Morgan fingerprint density at radius 2 is 1.87 bits per heavy atom. The fourth-order valence-electron chi connectivity index (χ4n) is 1.38. The van der Waals surface area contributed by atoms with Crippen LogP contribution >= 0.6 is 0 Å². The first-order valence-electron chi connectivity index (χ1n) is 4.68. The monoisotopic (exact) mass is 201 g/mol. The molecule has 2 aromatic carbocycles. The van der Waals surface area contributed by atoms with Crippen molar-refractivity contribution >= 4 is 22.4 Å². The molecule has 0 bridgehead atoms. The first kappa shape index (κ1) is 9.52. The number of carbonyl (C=O) groups excluding carboxylic acids is 1. The first-order valence-corrected chi connectivity index (χ1v) is 4.68. The summed E-state index contributed by atoms with van der Waals surface area (Å²) in [5, 5.41) is 2.26. The molecule has 15 heavy (non-hydrogen) atoms. The lowest BCUT2D eigenvalue weighted by Gasteiger charge is -2.05. The zero-order valence-electron chi connectivity index (χ0n) is 8.36. The summed E-state index contributed by atoms with van der Waals surface area (Å²) in [7, 11) is 0. The summed E-state index contributed by atoms with van der Waals surface area (Å²) in [5.74, 6) is -0.358. The molecule has 0 aromatic heterocycles. The lowest BCUT2D eigenvalue weighted by atomic mass is 10.1. The minimum absolute atomic E-state index is 0.358. The third-order valence-corrected chi connectivity index (χ3v) is 2.06. The van der Waals surface area contributed by atoms with Gasteiger partial charge in [-0.1, -0.05) is 30.3 Å². The average molecular weight is 201 g/mol. The van der Waals surface area contributed by atoms with Crippen molar-refractivity contribution in [2.45, 2.75) is 6.92 Å². The molecule has 0 unspecified atom stereocenters. The van der Waals surface area contributed by atoms with Gasteiger partial charge in [0.25, 0.3) is 0 Å². The molecular formula is C12H11NO2. The second-order valence-electron chi connectivity index (χ2n) is 3.26. The Hall–Kier alpha value is -2.03. The van der Waals surface area contributed by atoms with Crippen molar-refractivity contribution < 1.29 is 9.63 Å². The highest BCUT2D eigenvalue weighted by atomic mass is 16.7. The number of nitrogens with one attached hydrogen (secondary N) is 1. The number of benzene rings is 2. The molecule has 0 saturated carbocycles. The highest BCUT2D eigenvalue weighted by Crippen LogP contribution is 2.18. The van der Waals surface area contributed by atoms with Gasteiger partial charge < -0.3 is 4.84 Å². The number of rotatable bonds is 2. The summed E-state index contributed by atoms with van der Waals surface area (Å²) in [6, 6.07) is 13.8. The Morgan fingerprint density at radius 3 is 2.60 bits per heavy atom. The Kier molecular flexibility index (Phi) is 2.54. The molecule has 0 radical (unpaired) electrons. The van der Waals surface area contributed by atoms with Gasteiger partial charge in [-0.25, -0.2) is 5.48 Å². The quantitative estimate of drug-likeness (QED) is 0.759. The molecule has 0 heterocycles. The van der Waals surface area contributed by atoms with Crippen molar-refractivity contribution in [3.05, 3.63) is 42.5 Å². The van der Waals surface area contributed by atoms with Crippen LogP contribution in [-0.4, -0.2) is 5.97 Å². The van der Waals surface area contributed by atoms with Gasteiger partial charge in [0.15, 0.2) is 0 Å². The van der Waals surface area contributed by atoms with Crippen molar-refractivity contribution in [1.82, 2.24) is 0 Å². The maximum absolute atomic E-state index is 10.6. The molecule has 2 aromatic rings. The molecule has 0 fully saturated rings. The molecule has 76 valence electrons. The van der Waals surface area contributed by atoms with Crippen LogP contribution in [0.15, 0.2) is 42.5 Å². The van der Waals surface area contributed by atoms with E-state index in [2.05, 4.69) is 10.3 Å². The number of anilines is 1. The second-order valence-corrected chi connectivity index (χ2v) is 3.26. The van der Waals surface area contributed by atoms with Crippen LogP contribution in [0, 0.1) is 0 Å². The highest BCUT2D eigenvalue weighted by Gasteiger charge is 1.96. The second kappa shape index (κ2) is 4.00. The van der Waals surface area contributed by atoms with E-state index >= 15 is 0 Å². The van der Waals surface area contributed by atoms with Crippen LogP contribution in [-0.2, 0) is 9.63 Å². The summed E-state index contributed by atoms with van der Waals surface area (Å²) in [6.07, 6.45) is 0. The zero-order chi connectivity index (χ0) is 10.7. The summed E-state index contributed by atoms with van der Waals surface area (Å²) in [5.41, 5.74) is 3.35. The Balaban J connectivity index is 2.26. The van der Waals surface area contributed by atoms with Gasteiger partial charge in [0, 0.05) is 6.92 Å². The molecule has 2 rings (SSSR count). The van der Waals surface area contributed by atoms with Crippen LogP contribution < -0.4 is 5.48 Å². The van der Waals surface area contributed by atoms with Crippen LogP contribution in [0.2, 0.25) is 0 Å². The average Bonchev–Trinajstić information content (AvgIpc) is 2.26. The molecule has 3 heteroatoms. The minimum Gasteiger partial charge on any atom is -0.344 e. The molecular weight excluding hydrogens is 190 g/mol. The molecule has 0 amide bonds. The van der Waals surface area contributed by atoms with Gasteiger partial charge in [-0.05, 0) is 22.9 Å². The third kappa shape index (κ3) is 2.26.